The molecule has 5 heteroatoms. The molecule has 0 bridgehead atoms. The van der Waals surface area contributed by atoms with Crippen molar-refractivity contribution in [3.05, 3.63) is 44.3 Å². The molecule has 0 saturated heterocycles. The molecule has 0 N–H and O–H groups in total. The Morgan fingerprint density at radius 3 is 2.45 bits per heavy atom. The van der Waals surface area contributed by atoms with Crippen LogP contribution in [0.2, 0.25) is 19.6 Å². The van der Waals surface area contributed by atoms with E-state index in [2.05, 4.69) is 43.9 Å². The van der Waals surface area contributed by atoms with Crippen molar-refractivity contribution in [3.63, 3.8) is 0 Å². The van der Waals surface area contributed by atoms with Crippen LogP contribution in [0.25, 0.3) is 0 Å². The van der Waals surface area contributed by atoms with Gasteiger partial charge in [-0.05, 0) is 0 Å². The molecule has 0 aromatic heterocycles. The number of hydrogen-bond donors (Lipinski definition) is 0. The minimum absolute atomic E-state index is 0. The topological polar surface area (TPSA) is 9.23 Å². The number of allylic oxidation sites excluding steroid dienone is 7. The van der Waals surface area contributed by atoms with Gasteiger partial charge in [0.15, 0.2) is 0 Å². The fourth-order valence-electron chi connectivity index (χ4n) is 2.23. The first-order chi connectivity index (χ1) is 8.46. The van der Waals surface area contributed by atoms with Crippen LogP contribution in [0, 0.1) is 0 Å². The van der Waals surface area contributed by atoms with E-state index in [0.29, 0.717) is 0 Å². The molecule has 0 saturated carbocycles. The fourth-order valence-corrected chi connectivity index (χ4v) is 3.83. The summed E-state index contributed by atoms with van der Waals surface area (Å²) in [6, 6.07) is 0. The van der Waals surface area contributed by atoms with Gasteiger partial charge in [0.1, 0.15) is 0 Å². The molecular formula is C15H23Cl2OSiZr. The summed E-state index contributed by atoms with van der Waals surface area (Å²) in [5.41, 5.74) is 4.48. The van der Waals surface area contributed by atoms with Crippen LogP contribution in [0.3, 0.4) is 0 Å². The molecule has 111 valence electrons. The smallest absolute Gasteiger partial charge is 0.147 e. The van der Waals surface area contributed by atoms with E-state index in [-0.39, 0.29) is 24.8 Å². The van der Waals surface area contributed by atoms with Crippen molar-refractivity contribution in [1.29, 1.82) is 0 Å². The molecule has 0 aromatic rings. The predicted molar refractivity (Wildman–Crippen MR) is 90.0 cm³/mol. The van der Waals surface area contributed by atoms with Gasteiger partial charge in [-0.15, -0.1) is 24.8 Å². The summed E-state index contributed by atoms with van der Waals surface area (Å²) < 4.78 is 7.52. The quantitative estimate of drug-likeness (QED) is 0.575. The Morgan fingerprint density at radius 2 is 1.90 bits per heavy atom. The van der Waals surface area contributed by atoms with Crippen molar-refractivity contribution in [1.82, 2.24) is 0 Å². The van der Waals surface area contributed by atoms with Gasteiger partial charge in [0.25, 0.3) is 0 Å². The van der Waals surface area contributed by atoms with Gasteiger partial charge in [-0.2, -0.15) is 0 Å². The summed E-state index contributed by atoms with van der Waals surface area (Å²) >= 11 is 1.56. The largest absolute Gasteiger partial charge is 0.147 e. The maximum absolute atomic E-state index is 5.92. The van der Waals surface area contributed by atoms with Crippen LogP contribution in [0.1, 0.15) is 19.3 Å². The third-order valence-corrected chi connectivity index (χ3v) is 5.38. The summed E-state index contributed by atoms with van der Waals surface area (Å²) in [6.45, 7) is 7.62. The maximum Gasteiger partial charge on any atom is -0.147 e. The number of halogens is 2. The van der Waals surface area contributed by atoms with Gasteiger partial charge in [-0.3, -0.25) is 0 Å². The molecule has 0 aliphatic heterocycles. The van der Waals surface area contributed by atoms with Gasteiger partial charge in [-0.1, -0.05) is 0 Å². The normalized spacial score (nSPS) is 17.5. The number of rotatable bonds is 5. The van der Waals surface area contributed by atoms with Crippen LogP contribution < -0.4 is 0 Å². The van der Waals surface area contributed by atoms with Gasteiger partial charge in [0.05, 0.1) is 0 Å². The second-order valence-corrected chi connectivity index (χ2v) is 11.9. The second-order valence-electron chi connectivity index (χ2n) is 5.86. The van der Waals surface area contributed by atoms with Crippen molar-refractivity contribution < 1.29 is 29.1 Å². The van der Waals surface area contributed by atoms with Crippen molar-refractivity contribution in [2.45, 2.75) is 38.9 Å². The van der Waals surface area contributed by atoms with Crippen molar-refractivity contribution >= 4 is 33.1 Å². The Labute approximate surface area is 151 Å². The Balaban J connectivity index is 0.00000180. The van der Waals surface area contributed by atoms with E-state index in [1.54, 1.807) is 28.0 Å². The minimum Gasteiger partial charge on any atom is -0.147 e. The molecule has 0 heterocycles. The Morgan fingerprint density at radius 1 is 1.20 bits per heavy atom. The summed E-state index contributed by atoms with van der Waals surface area (Å²) in [7, 11) is -1.35. The van der Waals surface area contributed by atoms with Gasteiger partial charge in [-0.25, -0.2) is 0 Å². The molecule has 20 heavy (non-hydrogen) atoms. The molecule has 0 aromatic carbocycles. The third kappa shape index (κ3) is 6.15. The van der Waals surface area contributed by atoms with Crippen molar-refractivity contribution in [3.8, 4) is 0 Å². The van der Waals surface area contributed by atoms with Crippen LogP contribution in [-0.4, -0.2) is 14.9 Å². The molecule has 2 aliphatic carbocycles. The Hall–Kier alpha value is 0.600. The van der Waals surface area contributed by atoms with Crippen LogP contribution in [0.15, 0.2) is 44.3 Å². The van der Waals surface area contributed by atoms with Gasteiger partial charge in [0.2, 0.25) is 0 Å². The fraction of sp³-hybridized carbons (Fsp3) is 0.467. The molecule has 0 radical (unpaired) electrons. The summed E-state index contributed by atoms with van der Waals surface area (Å²) in [5.74, 6) is 0. The standard InChI is InChI=1S/C15H21OSi.2ClH.Zr/c1-17(2,3)16-11-10-13-8-9-15(12-13)14-6-4-5-7-14;;;/h4,6,8,12H,5,9-11H2,1-3H3;2*1H;. The predicted octanol–water partition coefficient (Wildman–Crippen LogP) is 5.09. The SMILES string of the molecule is C[Si](C)(C)OCCC1=CCC(C2=[C]([Zr])CC=C2)=C1.Cl.Cl. The minimum atomic E-state index is -1.35. The molecular weight excluding hydrogens is 386 g/mol. The first-order valence-corrected chi connectivity index (χ1v) is 11.2. The Bertz CT molecular complexity index is 459. The number of hydrogen-bond acceptors (Lipinski definition) is 1. The van der Waals surface area contributed by atoms with Crippen LogP contribution in [0.5, 0.6) is 0 Å². The molecule has 0 unspecified atom stereocenters. The van der Waals surface area contributed by atoms with E-state index in [1.165, 1.54) is 23.1 Å². The average Bonchev–Trinajstić information content (AvgIpc) is 2.84. The van der Waals surface area contributed by atoms with E-state index in [1.807, 2.05) is 0 Å². The zero-order valence-electron chi connectivity index (χ0n) is 12.4. The molecule has 0 spiro atoms. The van der Waals surface area contributed by atoms with E-state index < -0.39 is 8.32 Å². The van der Waals surface area contributed by atoms with E-state index >= 15 is 0 Å². The third-order valence-electron chi connectivity index (χ3n) is 3.15. The summed E-state index contributed by atoms with van der Waals surface area (Å²) in [4.78, 5) is 0. The summed E-state index contributed by atoms with van der Waals surface area (Å²) in [5, 5.41) is 0. The first kappa shape index (κ1) is 20.6. The van der Waals surface area contributed by atoms with Crippen LogP contribution in [-0.2, 0) is 29.1 Å². The van der Waals surface area contributed by atoms with E-state index in [4.69, 9.17) is 4.43 Å². The second kappa shape index (κ2) is 8.90. The maximum atomic E-state index is 5.92. The first-order valence-electron chi connectivity index (χ1n) is 6.61. The van der Waals surface area contributed by atoms with Gasteiger partial charge < -0.3 is 0 Å². The zero-order chi connectivity index (χ0) is 13.2. The monoisotopic (exact) mass is 407 g/mol. The van der Waals surface area contributed by atoms with Gasteiger partial charge in [0, 0.05) is 0 Å². The molecule has 0 fully saturated rings. The Kier molecular flexibility index (Phi) is 9.17. The van der Waals surface area contributed by atoms with Crippen molar-refractivity contribution in [2.75, 3.05) is 6.61 Å². The molecule has 2 aliphatic rings. The summed E-state index contributed by atoms with van der Waals surface area (Å²) in [6.07, 6.45) is 12.7. The van der Waals surface area contributed by atoms with Crippen LogP contribution in [0.4, 0.5) is 0 Å². The molecule has 1 nitrogen and oxygen atoms in total. The zero-order valence-corrected chi connectivity index (χ0v) is 17.5. The van der Waals surface area contributed by atoms with E-state index in [9.17, 15) is 0 Å². The van der Waals surface area contributed by atoms with Gasteiger partial charge >= 0.3 is 127 Å². The average molecular weight is 410 g/mol. The molecule has 2 rings (SSSR count). The van der Waals surface area contributed by atoms with Crippen LogP contribution >= 0.6 is 24.8 Å². The van der Waals surface area contributed by atoms with Crippen molar-refractivity contribution in [2.24, 2.45) is 0 Å². The van der Waals surface area contributed by atoms with E-state index in [0.717, 1.165) is 19.4 Å². The molecule has 0 amide bonds. The molecule has 0 atom stereocenters.